The van der Waals surface area contributed by atoms with Crippen LogP contribution in [0, 0.1) is 11.3 Å². The molecule has 4 N–H and O–H groups in total. The third-order valence-electron chi connectivity index (χ3n) is 3.12. The van der Waals surface area contributed by atoms with Crippen molar-refractivity contribution in [2.75, 3.05) is 0 Å². The summed E-state index contributed by atoms with van der Waals surface area (Å²) in [6.45, 7) is 0. The Bertz CT molecular complexity index is 544. The predicted molar refractivity (Wildman–Crippen MR) is 79.5 cm³/mol. The molecule has 1 aromatic carbocycles. The molecule has 1 aromatic rings. The lowest BCUT2D eigenvalue weighted by Crippen LogP contribution is -2.25. The van der Waals surface area contributed by atoms with Crippen molar-refractivity contribution in [1.29, 1.82) is 5.26 Å². The van der Waals surface area contributed by atoms with Crippen LogP contribution in [0.15, 0.2) is 41.2 Å². The molecule has 1 fully saturated rings. The maximum Gasteiger partial charge on any atom is 0.161 e. The second kappa shape index (κ2) is 9.42. The van der Waals surface area contributed by atoms with Gasteiger partial charge in [0, 0.05) is 11.9 Å². The van der Waals surface area contributed by atoms with E-state index in [1.165, 1.54) is 11.8 Å². The van der Waals surface area contributed by atoms with Crippen molar-refractivity contribution in [2.24, 2.45) is 10.9 Å². The van der Waals surface area contributed by atoms with Crippen LogP contribution in [0.2, 0.25) is 0 Å². The largest absolute Gasteiger partial charge is 0.380 e. The summed E-state index contributed by atoms with van der Waals surface area (Å²) in [6, 6.07) is 9.99. The zero-order valence-electron chi connectivity index (χ0n) is 11.6. The first-order valence-electron chi connectivity index (χ1n) is 6.52. The first-order chi connectivity index (χ1) is 10.3. The Hall–Kier alpha value is -2.49. The molecular weight excluding hydrogens is 268 g/mol. The molecule has 1 unspecified atom stereocenters. The molecule has 1 atom stereocenters. The number of nitriles is 1. The Kier molecular flexibility index (Phi) is 7.43. The van der Waals surface area contributed by atoms with Crippen molar-refractivity contribution >= 4 is 12.5 Å². The number of allylic oxidation sites excluding steroid dienone is 1. The van der Waals surface area contributed by atoms with Gasteiger partial charge in [0.05, 0.1) is 23.9 Å². The van der Waals surface area contributed by atoms with E-state index in [0.717, 1.165) is 25.0 Å². The van der Waals surface area contributed by atoms with Crippen LogP contribution in [-0.2, 0) is 4.79 Å². The molecule has 1 aliphatic rings. The molecule has 0 radical (unpaired) electrons. The second-order valence-electron chi connectivity index (χ2n) is 4.41. The summed E-state index contributed by atoms with van der Waals surface area (Å²) in [5.74, 6) is 3.50. The van der Waals surface area contributed by atoms with Crippen LogP contribution in [-0.4, -0.2) is 17.7 Å². The van der Waals surface area contributed by atoms with Gasteiger partial charge in [0.25, 0.3) is 0 Å². The number of nitrogens with one attached hydrogen (secondary N) is 1. The highest BCUT2D eigenvalue weighted by Crippen LogP contribution is 2.27. The molecule has 0 spiro atoms. The molecule has 1 saturated heterocycles. The van der Waals surface area contributed by atoms with E-state index >= 15 is 0 Å². The number of aldehydes is 1. The molecule has 0 aliphatic carbocycles. The third kappa shape index (κ3) is 5.18. The molecule has 0 aromatic heterocycles. The van der Waals surface area contributed by atoms with Crippen LogP contribution < -0.4 is 11.2 Å². The van der Waals surface area contributed by atoms with Crippen molar-refractivity contribution in [1.82, 2.24) is 5.32 Å². The molecule has 21 heavy (non-hydrogen) atoms. The average Bonchev–Trinajstić information content (AvgIpc) is 2.57. The van der Waals surface area contributed by atoms with Crippen LogP contribution in [0.3, 0.4) is 0 Å². The van der Waals surface area contributed by atoms with Gasteiger partial charge in [-0.1, -0.05) is 12.1 Å². The van der Waals surface area contributed by atoms with E-state index in [1.54, 1.807) is 6.20 Å². The number of carbonyl (C=O) groups excluding carboxylic acids is 1. The number of nitrogens with two attached hydrogens (primary N) is 1. The fourth-order valence-electron chi connectivity index (χ4n) is 2.17. The smallest absolute Gasteiger partial charge is 0.161 e. The number of benzene rings is 1. The Balaban J connectivity index is 0.00000106. The normalized spacial score (nSPS) is 19.3. The van der Waals surface area contributed by atoms with Crippen molar-refractivity contribution in [2.45, 2.75) is 25.3 Å². The lowest BCUT2D eigenvalue weighted by molar-refractivity contribution is -0.102. The standard InChI is InChI=1S/C15H15N3O.H3NO/c16-10-12-4-6-13(7-5-12)15-3-1-2-14(18-15)11-17-8-9-19;1-2/h4-9,11,15,18H,1-3H2;2H,1H2/b14-11-,17-8?;. The van der Waals surface area contributed by atoms with Gasteiger partial charge in [0.15, 0.2) is 6.29 Å². The number of nitrogens with zero attached hydrogens (tertiary/aromatic N) is 2. The summed E-state index contributed by atoms with van der Waals surface area (Å²) in [6.07, 6.45) is 6.69. The molecule has 0 amide bonds. The molecular formula is C15H18N4O2. The first kappa shape index (κ1) is 16.6. The topological polar surface area (TPSA) is 112 Å². The number of piperidine rings is 1. The highest BCUT2D eigenvalue weighted by Gasteiger charge is 2.17. The van der Waals surface area contributed by atoms with Gasteiger partial charge in [0.1, 0.15) is 0 Å². The van der Waals surface area contributed by atoms with E-state index in [0.29, 0.717) is 11.8 Å². The van der Waals surface area contributed by atoms with Crippen LogP contribution in [0.4, 0.5) is 0 Å². The Labute approximate surface area is 123 Å². The van der Waals surface area contributed by atoms with E-state index in [9.17, 15) is 4.79 Å². The summed E-state index contributed by atoms with van der Waals surface area (Å²) in [7, 11) is 0. The number of aliphatic imine (C=N–C) groups is 1. The van der Waals surface area contributed by atoms with Crippen LogP contribution in [0.5, 0.6) is 0 Å². The maximum absolute atomic E-state index is 10.2. The Morgan fingerprint density at radius 2 is 2.10 bits per heavy atom. The Morgan fingerprint density at radius 1 is 1.38 bits per heavy atom. The summed E-state index contributed by atoms with van der Waals surface area (Å²) in [4.78, 5) is 14.1. The van der Waals surface area contributed by atoms with Gasteiger partial charge in [0.2, 0.25) is 0 Å². The summed E-state index contributed by atoms with van der Waals surface area (Å²) >= 11 is 0. The fourth-order valence-corrected chi connectivity index (χ4v) is 2.17. The van der Waals surface area contributed by atoms with E-state index in [-0.39, 0.29) is 6.04 Å². The van der Waals surface area contributed by atoms with Gasteiger partial charge >= 0.3 is 0 Å². The minimum absolute atomic E-state index is 0.249. The molecule has 1 aliphatic heterocycles. The minimum atomic E-state index is 0.249. The molecule has 1 heterocycles. The third-order valence-corrected chi connectivity index (χ3v) is 3.12. The van der Waals surface area contributed by atoms with Gasteiger partial charge in [-0.2, -0.15) is 5.26 Å². The summed E-state index contributed by atoms with van der Waals surface area (Å²) in [5.41, 5.74) is 2.88. The zero-order chi connectivity index (χ0) is 15.5. The minimum Gasteiger partial charge on any atom is -0.380 e. The van der Waals surface area contributed by atoms with Gasteiger partial charge in [-0.05, 0) is 37.0 Å². The molecule has 110 valence electrons. The summed E-state index contributed by atoms with van der Waals surface area (Å²) in [5, 5.41) is 18.7. The lowest BCUT2D eigenvalue weighted by atomic mass is 9.95. The number of hydrogen-bond donors (Lipinski definition) is 3. The fraction of sp³-hybridized carbons (Fsp3) is 0.267. The maximum atomic E-state index is 10.2. The highest BCUT2D eigenvalue weighted by atomic mass is 16.4. The molecule has 0 saturated carbocycles. The van der Waals surface area contributed by atoms with Crippen molar-refractivity contribution in [3.05, 3.63) is 47.3 Å². The molecule has 2 rings (SSSR count). The zero-order valence-corrected chi connectivity index (χ0v) is 11.6. The van der Waals surface area contributed by atoms with Gasteiger partial charge in [-0.25, -0.2) is 5.90 Å². The average molecular weight is 286 g/mol. The number of carbonyl (C=O) groups is 1. The van der Waals surface area contributed by atoms with E-state index in [2.05, 4.69) is 22.3 Å². The van der Waals surface area contributed by atoms with Crippen LogP contribution in [0.25, 0.3) is 0 Å². The molecule has 6 heteroatoms. The van der Waals surface area contributed by atoms with E-state index in [1.807, 2.05) is 24.3 Å². The Morgan fingerprint density at radius 3 is 2.71 bits per heavy atom. The SMILES string of the molecule is N#Cc1ccc(C2CCC/C(=C/N=CC=O)N2)cc1.NO. The van der Waals surface area contributed by atoms with E-state index < -0.39 is 0 Å². The van der Waals surface area contributed by atoms with Crippen LogP contribution in [0.1, 0.15) is 36.4 Å². The van der Waals surface area contributed by atoms with Crippen molar-refractivity contribution < 1.29 is 10.0 Å². The first-order valence-corrected chi connectivity index (χ1v) is 6.52. The predicted octanol–water partition coefficient (Wildman–Crippen LogP) is 1.82. The quantitative estimate of drug-likeness (QED) is 0.446. The number of hydrogen-bond acceptors (Lipinski definition) is 6. The van der Waals surface area contributed by atoms with Crippen molar-refractivity contribution in [3.63, 3.8) is 0 Å². The van der Waals surface area contributed by atoms with E-state index in [4.69, 9.17) is 10.5 Å². The molecule has 6 nitrogen and oxygen atoms in total. The van der Waals surface area contributed by atoms with Gasteiger partial charge in [-0.3, -0.25) is 9.79 Å². The van der Waals surface area contributed by atoms with Crippen molar-refractivity contribution in [3.8, 4) is 6.07 Å². The van der Waals surface area contributed by atoms with Gasteiger partial charge < -0.3 is 10.5 Å². The summed E-state index contributed by atoms with van der Waals surface area (Å²) < 4.78 is 0. The highest BCUT2D eigenvalue weighted by molar-refractivity contribution is 6.13. The monoisotopic (exact) mass is 286 g/mol. The van der Waals surface area contributed by atoms with Gasteiger partial charge in [-0.15, -0.1) is 0 Å². The second-order valence-corrected chi connectivity index (χ2v) is 4.41. The number of rotatable bonds is 3. The van der Waals surface area contributed by atoms with Crippen LogP contribution >= 0.6 is 0 Å². The molecule has 0 bridgehead atoms. The lowest BCUT2D eigenvalue weighted by Gasteiger charge is -2.27.